The predicted molar refractivity (Wildman–Crippen MR) is 137 cm³/mol. The Balaban J connectivity index is 1.64. The molecule has 7 nitrogen and oxygen atoms in total. The van der Waals surface area contributed by atoms with Crippen molar-refractivity contribution >= 4 is 62.8 Å². The molecule has 0 aromatic heterocycles. The number of aryl methyl sites for hydroxylation is 1. The largest absolute Gasteiger partial charge is 0.493 e. The number of carbonyl (C=O) groups excluding carboxylic acids is 2. The summed E-state index contributed by atoms with van der Waals surface area (Å²) in [5, 5.41) is 7.33. The number of methoxy groups -OCH3 is 1. The standard InChI is InChI=1S/C24H20BrCl2N3O4/c1-14-6-8-16(9-7-14)29-23(31)24(32)30-28-12-15-10-18(25)22(21(11-15)33-2)34-13-17-19(26)4-3-5-20(17)27/h3-12H,13H2,1-2H3,(H,29,31)(H,30,32)/b28-12+. The molecule has 0 saturated carbocycles. The van der Waals surface area contributed by atoms with Crippen molar-refractivity contribution in [2.75, 3.05) is 12.4 Å². The van der Waals surface area contributed by atoms with Gasteiger partial charge in [-0.3, -0.25) is 9.59 Å². The second-order valence-corrected chi connectivity index (χ2v) is 8.71. The van der Waals surface area contributed by atoms with E-state index in [2.05, 4.69) is 31.8 Å². The fraction of sp³-hybridized carbons (Fsp3) is 0.125. The Labute approximate surface area is 215 Å². The molecule has 3 aromatic carbocycles. The lowest BCUT2D eigenvalue weighted by Crippen LogP contribution is -2.32. The van der Waals surface area contributed by atoms with E-state index in [0.717, 1.165) is 5.56 Å². The van der Waals surface area contributed by atoms with Crippen LogP contribution in [0.2, 0.25) is 10.0 Å². The molecule has 176 valence electrons. The number of carbonyl (C=O) groups is 2. The molecule has 0 heterocycles. The molecule has 0 atom stereocenters. The summed E-state index contributed by atoms with van der Waals surface area (Å²) in [4.78, 5) is 24.0. The van der Waals surface area contributed by atoms with Crippen LogP contribution in [0.4, 0.5) is 5.69 Å². The van der Waals surface area contributed by atoms with Crippen LogP contribution in [0, 0.1) is 6.92 Å². The van der Waals surface area contributed by atoms with Crippen molar-refractivity contribution in [3.63, 3.8) is 0 Å². The topological polar surface area (TPSA) is 89.0 Å². The van der Waals surface area contributed by atoms with E-state index in [0.29, 0.717) is 42.8 Å². The molecule has 3 rings (SSSR count). The van der Waals surface area contributed by atoms with Crippen molar-refractivity contribution in [3.8, 4) is 11.5 Å². The molecular weight excluding hydrogens is 545 g/mol. The van der Waals surface area contributed by atoms with Crippen LogP contribution >= 0.6 is 39.1 Å². The molecular formula is C24H20BrCl2N3O4. The van der Waals surface area contributed by atoms with Crippen LogP contribution in [0.5, 0.6) is 11.5 Å². The van der Waals surface area contributed by atoms with Crippen molar-refractivity contribution in [1.82, 2.24) is 5.43 Å². The van der Waals surface area contributed by atoms with Gasteiger partial charge in [-0.1, -0.05) is 47.0 Å². The van der Waals surface area contributed by atoms with Crippen molar-refractivity contribution in [2.45, 2.75) is 13.5 Å². The summed E-state index contributed by atoms with van der Waals surface area (Å²) in [6, 6.07) is 15.7. The second-order valence-electron chi connectivity index (χ2n) is 7.04. The molecule has 0 unspecified atom stereocenters. The van der Waals surface area contributed by atoms with Gasteiger partial charge in [0.2, 0.25) is 0 Å². The molecule has 3 aromatic rings. The molecule has 0 radical (unpaired) electrons. The van der Waals surface area contributed by atoms with Gasteiger partial charge in [-0.2, -0.15) is 5.10 Å². The average molecular weight is 565 g/mol. The number of amides is 2. The minimum atomic E-state index is -0.903. The van der Waals surface area contributed by atoms with Gasteiger partial charge < -0.3 is 14.8 Å². The molecule has 2 amide bonds. The van der Waals surface area contributed by atoms with Crippen LogP contribution in [0.3, 0.4) is 0 Å². The van der Waals surface area contributed by atoms with E-state index >= 15 is 0 Å². The zero-order valence-corrected chi connectivity index (χ0v) is 21.3. The van der Waals surface area contributed by atoms with Crippen molar-refractivity contribution in [1.29, 1.82) is 0 Å². The molecule has 2 N–H and O–H groups in total. The van der Waals surface area contributed by atoms with Crippen LogP contribution in [0.15, 0.2) is 64.2 Å². The molecule has 0 fully saturated rings. The Morgan fingerprint density at radius 3 is 2.38 bits per heavy atom. The molecule has 0 bridgehead atoms. The first kappa shape index (κ1) is 25.6. The number of hydrogen-bond donors (Lipinski definition) is 2. The Kier molecular flexibility index (Phi) is 8.92. The van der Waals surface area contributed by atoms with Gasteiger partial charge in [0.1, 0.15) is 6.61 Å². The number of hydrogen-bond acceptors (Lipinski definition) is 5. The predicted octanol–water partition coefficient (Wildman–Crippen LogP) is 5.74. The van der Waals surface area contributed by atoms with E-state index in [4.69, 9.17) is 32.7 Å². The summed E-state index contributed by atoms with van der Waals surface area (Å²) in [5.74, 6) is -0.874. The van der Waals surface area contributed by atoms with Crippen molar-refractivity contribution < 1.29 is 19.1 Å². The van der Waals surface area contributed by atoms with Crippen LogP contribution in [-0.4, -0.2) is 25.1 Å². The number of benzene rings is 3. The van der Waals surface area contributed by atoms with E-state index in [1.807, 2.05) is 19.1 Å². The number of nitrogens with zero attached hydrogens (tertiary/aromatic N) is 1. The lowest BCUT2D eigenvalue weighted by Gasteiger charge is -2.14. The molecule has 0 spiro atoms. The maximum absolute atomic E-state index is 12.0. The summed E-state index contributed by atoms with van der Waals surface area (Å²) in [7, 11) is 1.50. The monoisotopic (exact) mass is 563 g/mol. The van der Waals surface area contributed by atoms with Gasteiger partial charge in [0.25, 0.3) is 0 Å². The Morgan fingerprint density at radius 1 is 1.06 bits per heavy atom. The molecule has 10 heteroatoms. The number of anilines is 1. The van der Waals surface area contributed by atoms with E-state index in [-0.39, 0.29) is 6.61 Å². The summed E-state index contributed by atoms with van der Waals surface area (Å²) in [6.07, 6.45) is 1.37. The van der Waals surface area contributed by atoms with Gasteiger partial charge in [0.05, 0.1) is 17.8 Å². The lowest BCUT2D eigenvalue weighted by atomic mass is 10.2. The minimum absolute atomic E-state index is 0.132. The number of hydrazone groups is 1. The zero-order valence-electron chi connectivity index (χ0n) is 18.2. The van der Waals surface area contributed by atoms with Crippen LogP contribution in [0.25, 0.3) is 0 Å². The van der Waals surface area contributed by atoms with Gasteiger partial charge in [-0.15, -0.1) is 0 Å². The Hall–Kier alpha value is -3.07. The average Bonchev–Trinajstić information content (AvgIpc) is 2.80. The molecule has 0 aliphatic rings. The molecule has 0 saturated heterocycles. The SMILES string of the molecule is COc1cc(/C=N/NC(=O)C(=O)Nc2ccc(C)cc2)cc(Br)c1OCc1c(Cl)cccc1Cl. The Morgan fingerprint density at radius 2 is 1.74 bits per heavy atom. The highest BCUT2D eigenvalue weighted by Gasteiger charge is 2.15. The van der Waals surface area contributed by atoms with Crippen LogP contribution < -0.4 is 20.2 Å². The fourth-order valence-electron chi connectivity index (χ4n) is 2.81. The lowest BCUT2D eigenvalue weighted by molar-refractivity contribution is -0.136. The maximum atomic E-state index is 12.0. The summed E-state index contributed by atoms with van der Waals surface area (Å²) in [5.41, 5.74) is 4.98. The number of ether oxygens (including phenoxy) is 2. The molecule has 0 aliphatic carbocycles. The highest BCUT2D eigenvalue weighted by molar-refractivity contribution is 9.10. The third-order valence-electron chi connectivity index (χ3n) is 4.57. The number of nitrogens with one attached hydrogen (secondary N) is 2. The third kappa shape index (κ3) is 6.72. The van der Waals surface area contributed by atoms with Gasteiger partial charge in [-0.05, 0) is 64.8 Å². The first-order valence-corrected chi connectivity index (χ1v) is 11.5. The van der Waals surface area contributed by atoms with Gasteiger partial charge >= 0.3 is 11.8 Å². The third-order valence-corrected chi connectivity index (χ3v) is 5.87. The maximum Gasteiger partial charge on any atom is 0.329 e. The second kappa shape index (κ2) is 11.9. The van der Waals surface area contributed by atoms with E-state index in [1.54, 1.807) is 42.5 Å². The molecule has 0 aliphatic heterocycles. The summed E-state index contributed by atoms with van der Waals surface area (Å²) in [6.45, 7) is 2.06. The molecule has 34 heavy (non-hydrogen) atoms. The van der Waals surface area contributed by atoms with E-state index in [9.17, 15) is 9.59 Å². The smallest absolute Gasteiger partial charge is 0.329 e. The number of halogens is 3. The van der Waals surface area contributed by atoms with Gasteiger partial charge in [0, 0.05) is 21.3 Å². The van der Waals surface area contributed by atoms with Gasteiger partial charge in [0.15, 0.2) is 11.5 Å². The summed E-state index contributed by atoms with van der Waals surface area (Å²) < 4.78 is 11.9. The first-order valence-electron chi connectivity index (χ1n) is 9.92. The quantitative estimate of drug-likeness (QED) is 0.217. The summed E-state index contributed by atoms with van der Waals surface area (Å²) >= 11 is 15.9. The van der Waals surface area contributed by atoms with Crippen molar-refractivity contribution in [2.24, 2.45) is 5.10 Å². The van der Waals surface area contributed by atoms with E-state index < -0.39 is 11.8 Å². The normalized spacial score (nSPS) is 10.7. The number of rotatable bonds is 7. The zero-order chi connectivity index (χ0) is 24.7. The first-order chi connectivity index (χ1) is 16.3. The highest BCUT2D eigenvalue weighted by Crippen LogP contribution is 2.37. The Bertz CT molecular complexity index is 1210. The highest BCUT2D eigenvalue weighted by atomic mass is 79.9. The minimum Gasteiger partial charge on any atom is -0.493 e. The van der Waals surface area contributed by atoms with Crippen molar-refractivity contribution in [3.05, 3.63) is 85.8 Å². The van der Waals surface area contributed by atoms with Crippen LogP contribution in [0.1, 0.15) is 16.7 Å². The van der Waals surface area contributed by atoms with E-state index in [1.165, 1.54) is 13.3 Å². The van der Waals surface area contributed by atoms with Gasteiger partial charge in [-0.25, -0.2) is 5.43 Å². The fourth-order valence-corrected chi connectivity index (χ4v) is 3.89. The van der Waals surface area contributed by atoms with Crippen LogP contribution in [-0.2, 0) is 16.2 Å².